The Morgan fingerprint density at radius 2 is 1.95 bits per heavy atom. The second-order valence-corrected chi connectivity index (χ2v) is 11.3. The summed E-state index contributed by atoms with van der Waals surface area (Å²) >= 11 is 6.11. The van der Waals surface area contributed by atoms with Gasteiger partial charge in [0.15, 0.2) is 5.60 Å². The quantitative estimate of drug-likeness (QED) is 0.222. The molecule has 0 bridgehead atoms. The Morgan fingerprint density at radius 1 is 1.17 bits per heavy atom. The number of hydrogen-bond acceptors (Lipinski definition) is 9. The Hall–Kier alpha value is -4.69. The Morgan fingerprint density at radius 3 is 2.60 bits per heavy atom. The van der Waals surface area contributed by atoms with Gasteiger partial charge in [0.2, 0.25) is 5.78 Å². The van der Waals surface area contributed by atoms with E-state index in [0.29, 0.717) is 40.9 Å². The number of carbonyl (C=O) groups is 2. The number of fused-ring (bicyclic) bond motifs is 1. The van der Waals surface area contributed by atoms with E-state index in [1.165, 1.54) is 10.7 Å². The molecule has 1 aliphatic carbocycles. The summed E-state index contributed by atoms with van der Waals surface area (Å²) < 4.78 is 6.67. The zero-order valence-corrected chi connectivity index (χ0v) is 23.8. The molecule has 1 aliphatic heterocycles. The predicted octanol–water partition coefficient (Wildman–Crippen LogP) is 4.68. The first-order valence-electron chi connectivity index (χ1n) is 13.7. The molecule has 0 spiro atoms. The number of ether oxygens (including phenoxy) is 1. The molecule has 0 radical (unpaired) electrons. The first kappa shape index (κ1) is 27.5. The van der Waals surface area contributed by atoms with E-state index < -0.39 is 11.7 Å². The predicted molar refractivity (Wildman–Crippen MR) is 157 cm³/mol. The van der Waals surface area contributed by atoms with E-state index in [-0.39, 0.29) is 11.3 Å². The number of pyridine rings is 3. The highest BCUT2D eigenvalue weighted by Gasteiger charge is 2.54. The Kier molecular flexibility index (Phi) is 6.94. The molecule has 0 aromatic carbocycles. The minimum atomic E-state index is -1.25. The lowest BCUT2D eigenvalue weighted by atomic mass is 9.89. The maximum Gasteiger partial charge on any atom is 0.405 e. The molecule has 4 aromatic heterocycles. The number of nitrogens with two attached hydrogens (primary N) is 1. The minimum absolute atomic E-state index is 0.128. The fourth-order valence-corrected chi connectivity index (χ4v) is 5.74. The van der Waals surface area contributed by atoms with E-state index in [4.69, 9.17) is 27.1 Å². The number of halogens is 1. The Balaban J connectivity index is 1.24. The summed E-state index contributed by atoms with van der Waals surface area (Å²) in [6.45, 7) is 3.80. The smallest absolute Gasteiger partial charge is 0.405 e. The molecule has 11 nitrogen and oxygen atoms in total. The molecule has 1 saturated carbocycles. The number of nitriles is 1. The SMILES string of the molecule is CC1(Nc2ncccc2CCl)CCN(c2ccc(-c3cc(C(=O)C4(OC(N)=O)CC4)cn4ncc(C#N)c34)cn2)CC1. The molecule has 0 atom stereocenters. The molecule has 12 heteroatoms. The molecule has 0 unspecified atom stereocenters. The number of Topliss-reactive ketones (excluding diaryl/α,β-unsaturated/α-hetero) is 1. The molecule has 2 aliphatic rings. The van der Waals surface area contributed by atoms with Crippen LogP contribution in [0.2, 0.25) is 0 Å². The van der Waals surface area contributed by atoms with Crippen LogP contribution in [-0.2, 0) is 10.6 Å². The third-order valence-electron chi connectivity index (χ3n) is 8.11. The van der Waals surface area contributed by atoms with Crippen LogP contribution in [-0.4, -0.2) is 55.7 Å². The average molecular weight is 585 g/mol. The van der Waals surface area contributed by atoms with Crippen molar-refractivity contribution in [1.82, 2.24) is 19.6 Å². The van der Waals surface area contributed by atoms with Crippen molar-refractivity contribution in [2.45, 2.75) is 49.6 Å². The molecule has 214 valence electrons. The second-order valence-electron chi connectivity index (χ2n) is 11.1. The molecule has 42 heavy (non-hydrogen) atoms. The van der Waals surface area contributed by atoms with Crippen LogP contribution in [0, 0.1) is 11.3 Å². The largest absolute Gasteiger partial charge is 0.435 e. The Bertz CT molecular complexity index is 1720. The van der Waals surface area contributed by atoms with Crippen LogP contribution >= 0.6 is 11.6 Å². The number of aromatic nitrogens is 4. The number of alkyl halides is 1. The van der Waals surface area contributed by atoms with Crippen LogP contribution < -0.4 is 16.0 Å². The van der Waals surface area contributed by atoms with Gasteiger partial charge in [-0.05, 0) is 56.9 Å². The fraction of sp³-hybridized carbons (Fsp3) is 0.333. The summed E-state index contributed by atoms with van der Waals surface area (Å²) in [6, 6.07) is 11.6. The zero-order valence-electron chi connectivity index (χ0n) is 23.0. The molecule has 6 rings (SSSR count). The highest BCUT2D eigenvalue weighted by Crippen LogP contribution is 2.43. The number of primary amides is 1. The average Bonchev–Trinajstić information content (AvgIpc) is 3.65. The molecule has 1 saturated heterocycles. The first-order valence-corrected chi connectivity index (χ1v) is 14.2. The summed E-state index contributed by atoms with van der Waals surface area (Å²) in [4.78, 5) is 36.2. The van der Waals surface area contributed by atoms with Crippen LogP contribution in [0.15, 0.2) is 55.1 Å². The van der Waals surface area contributed by atoms with Crippen molar-refractivity contribution >= 4 is 40.6 Å². The second kappa shape index (κ2) is 10.6. The fourth-order valence-electron chi connectivity index (χ4n) is 5.52. The van der Waals surface area contributed by atoms with Gasteiger partial charge in [-0.3, -0.25) is 4.79 Å². The number of anilines is 2. The third kappa shape index (κ3) is 5.10. The molecular formula is C30H29ClN8O3. The number of nitrogens with zero attached hydrogens (tertiary/aromatic N) is 6. The third-order valence-corrected chi connectivity index (χ3v) is 8.40. The summed E-state index contributed by atoms with van der Waals surface area (Å²) in [7, 11) is 0. The Labute approximate surface area is 247 Å². The van der Waals surface area contributed by atoms with Gasteiger partial charge in [-0.15, -0.1) is 11.6 Å². The van der Waals surface area contributed by atoms with Crippen molar-refractivity contribution < 1.29 is 14.3 Å². The first-order chi connectivity index (χ1) is 20.2. The van der Waals surface area contributed by atoms with Gasteiger partial charge in [0.05, 0.1) is 23.2 Å². The molecular weight excluding hydrogens is 556 g/mol. The normalized spacial score (nSPS) is 16.9. The van der Waals surface area contributed by atoms with Crippen LogP contribution in [0.5, 0.6) is 0 Å². The van der Waals surface area contributed by atoms with Crippen LogP contribution in [0.3, 0.4) is 0 Å². The van der Waals surface area contributed by atoms with E-state index in [9.17, 15) is 14.9 Å². The molecule has 2 fully saturated rings. The van der Waals surface area contributed by atoms with E-state index >= 15 is 0 Å². The number of hydrogen-bond donors (Lipinski definition) is 2. The zero-order chi connectivity index (χ0) is 29.5. The standard InChI is InChI=1S/C30H29ClN8O3/c1-29(37-27-19(14-31)3-2-10-34-27)8-11-38(12-9-29)24-5-4-20(16-35-24)23-13-21(18-39-25(23)22(15-32)17-36-39)26(40)30(6-7-30)42-28(33)41/h2-5,10,13,16-18H,6-9,11-12,14H2,1H3,(H2,33,41)(H,34,37). The maximum absolute atomic E-state index is 13.4. The van der Waals surface area contributed by atoms with Crippen LogP contribution in [0.4, 0.5) is 16.4 Å². The number of piperidine rings is 1. The topological polar surface area (TPSA) is 152 Å². The molecule has 1 amide bonds. The van der Waals surface area contributed by atoms with Gasteiger partial charge in [-0.2, -0.15) is 10.4 Å². The molecule has 3 N–H and O–H groups in total. The summed E-state index contributed by atoms with van der Waals surface area (Å²) in [6.07, 6.45) is 8.11. The van der Waals surface area contributed by atoms with E-state index in [1.54, 1.807) is 24.7 Å². The van der Waals surface area contributed by atoms with Gasteiger partial charge in [0, 0.05) is 59.5 Å². The van der Waals surface area contributed by atoms with Crippen molar-refractivity contribution in [2.24, 2.45) is 5.73 Å². The summed E-state index contributed by atoms with van der Waals surface area (Å²) in [5.74, 6) is 1.71. The van der Waals surface area contributed by atoms with Gasteiger partial charge in [-0.25, -0.2) is 19.3 Å². The molecule has 4 aromatic rings. The van der Waals surface area contributed by atoms with Crippen LogP contribution in [0.25, 0.3) is 16.6 Å². The summed E-state index contributed by atoms with van der Waals surface area (Å²) in [5, 5.41) is 17.6. The van der Waals surface area contributed by atoms with Crippen LogP contribution in [0.1, 0.15) is 54.1 Å². The molecule has 5 heterocycles. The van der Waals surface area contributed by atoms with Crippen molar-refractivity contribution in [1.29, 1.82) is 5.26 Å². The highest BCUT2D eigenvalue weighted by atomic mass is 35.5. The number of carbonyl (C=O) groups excluding carboxylic acids is 2. The van der Waals surface area contributed by atoms with Gasteiger partial charge in [0.1, 0.15) is 17.7 Å². The van der Waals surface area contributed by atoms with E-state index in [1.807, 2.05) is 24.3 Å². The lowest BCUT2D eigenvalue weighted by Crippen LogP contribution is -2.47. The van der Waals surface area contributed by atoms with Gasteiger partial charge < -0.3 is 20.7 Å². The highest BCUT2D eigenvalue weighted by molar-refractivity contribution is 6.17. The van der Waals surface area contributed by atoms with Gasteiger partial charge >= 0.3 is 6.09 Å². The van der Waals surface area contributed by atoms with Gasteiger partial charge in [-0.1, -0.05) is 6.07 Å². The van der Waals surface area contributed by atoms with E-state index in [2.05, 4.69) is 33.3 Å². The lowest BCUT2D eigenvalue weighted by Gasteiger charge is -2.41. The van der Waals surface area contributed by atoms with Gasteiger partial charge in [0.25, 0.3) is 0 Å². The van der Waals surface area contributed by atoms with Crippen molar-refractivity contribution in [3.05, 3.63) is 71.8 Å². The number of ketones is 1. The summed E-state index contributed by atoms with van der Waals surface area (Å²) in [5.41, 5.74) is 7.41. The maximum atomic E-state index is 13.4. The van der Waals surface area contributed by atoms with E-state index in [0.717, 1.165) is 48.7 Å². The monoisotopic (exact) mass is 584 g/mol. The lowest BCUT2D eigenvalue weighted by molar-refractivity contribution is 0.0583. The van der Waals surface area contributed by atoms with Crippen molar-refractivity contribution in [3.8, 4) is 17.2 Å². The van der Waals surface area contributed by atoms with Crippen molar-refractivity contribution in [3.63, 3.8) is 0 Å². The number of amides is 1. The number of rotatable bonds is 8. The number of nitrogens with one attached hydrogen (secondary N) is 1. The minimum Gasteiger partial charge on any atom is -0.435 e. The van der Waals surface area contributed by atoms with Crippen molar-refractivity contribution in [2.75, 3.05) is 23.3 Å².